The molecule has 0 heterocycles. The Hall–Kier alpha value is -1.94. The van der Waals surface area contributed by atoms with E-state index in [2.05, 4.69) is 55.4 Å². The van der Waals surface area contributed by atoms with Gasteiger partial charge in [-0.3, -0.25) is 37.3 Å². The van der Waals surface area contributed by atoms with Crippen LogP contribution in [0.25, 0.3) is 0 Å². The van der Waals surface area contributed by atoms with Gasteiger partial charge in [-0.2, -0.15) is 0 Å². The summed E-state index contributed by atoms with van der Waals surface area (Å²) in [6, 6.07) is 0. The number of phosphoric acid groups is 2. The molecular formula is C80H156O17P2. The van der Waals surface area contributed by atoms with E-state index in [0.29, 0.717) is 31.6 Å². The van der Waals surface area contributed by atoms with E-state index in [1.54, 1.807) is 0 Å². The monoisotopic (exact) mass is 1450 g/mol. The zero-order valence-electron chi connectivity index (χ0n) is 65.1. The van der Waals surface area contributed by atoms with Crippen LogP contribution < -0.4 is 0 Å². The van der Waals surface area contributed by atoms with Crippen molar-refractivity contribution in [2.75, 3.05) is 39.6 Å². The molecule has 0 aromatic heterocycles. The number of hydrogen-bond acceptors (Lipinski definition) is 15. The molecule has 4 unspecified atom stereocenters. The topological polar surface area (TPSA) is 237 Å². The van der Waals surface area contributed by atoms with Gasteiger partial charge in [0.25, 0.3) is 0 Å². The van der Waals surface area contributed by atoms with Gasteiger partial charge in [0.1, 0.15) is 19.3 Å². The van der Waals surface area contributed by atoms with Crippen molar-refractivity contribution in [2.24, 2.45) is 23.7 Å². The minimum Gasteiger partial charge on any atom is -0.462 e. The number of aliphatic hydroxyl groups excluding tert-OH is 1. The number of carbonyl (C=O) groups excluding carboxylic acids is 4. The molecule has 99 heavy (non-hydrogen) atoms. The molecular weight excluding hydrogens is 1290 g/mol. The Balaban J connectivity index is 5.21. The van der Waals surface area contributed by atoms with Crippen molar-refractivity contribution in [2.45, 2.75) is 427 Å². The van der Waals surface area contributed by atoms with E-state index in [0.717, 1.165) is 114 Å². The molecule has 0 aliphatic rings. The molecule has 0 aromatic carbocycles. The Kier molecular flexibility index (Phi) is 67.8. The first kappa shape index (κ1) is 97.1. The lowest BCUT2D eigenvalue weighted by Gasteiger charge is -2.21. The largest absolute Gasteiger partial charge is 0.472 e. The Morgan fingerprint density at radius 3 is 0.717 bits per heavy atom. The Morgan fingerprint density at radius 1 is 0.283 bits per heavy atom. The van der Waals surface area contributed by atoms with Crippen molar-refractivity contribution in [3.8, 4) is 0 Å². The van der Waals surface area contributed by atoms with Crippen molar-refractivity contribution >= 4 is 39.5 Å². The third-order valence-corrected chi connectivity index (χ3v) is 21.2. The van der Waals surface area contributed by atoms with Crippen LogP contribution in [-0.4, -0.2) is 96.7 Å². The number of carbonyl (C=O) groups is 4. The predicted molar refractivity (Wildman–Crippen MR) is 404 cm³/mol. The molecule has 0 saturated carbocycles. The lowest BCUT2D eigenvalue weighted by Crippen LogP contribution is -2.30. The van der Waals surface area contributed by atoms with Gasteiger partial charge in [0.05, 0.1) is 26.4 Å². The maximum absolute atomic E-state index is 13.1. The van der Waals surface area contributed by atoms with Gasteiger partial charge in [-0.05, 0) is 49.4 Å². The smallest absolute Gasteiger partial charge is 0.462 e. The summed E-state index contributed by atoms with van der Waals surface area (Å²) in [4.78, 5) is 72.9. The minimum absolute atomic E-state index is 0.102. The highest BCUT2D eigenvalue weighted by molar-refractivity contribution is 7.47. The maximum Gasteiger partial charge on any atom is 0.472 e. The molecule has 0 rings (SSSR count). The average Bonchev–Trinajstić information content (AvgIpc) is 1.15. The highest BCUT2D eigenvalue weighted by Gasteiger charge is 2.30. The van der Waals surface area contributed by atoms with Crippen molar-refractivity contribution in [1.82, 2.24) is 0 Å². The first-order valence-electron chi connectivity index (χ1n) is 41.3. The Labute approximate surface area is 607 Å². The number of rotatable bonds is 77. The fourth-order valence-corrected chi connectivity index (χ4v) is 13.8. The van der Waals surface area contributed by atoms with Crippen LogP contribution in [0.15, 0.2) is 0 Å². The number of phosphoric ester groups is 2. The molecule has 0 radical (unpaired) electrons. The summed E-state index contributed by atoms with van der Waals surface area (Å²) in [5, 5.41) is 10.6. The SMILES string of the molecule is CCC(C)CCCCCCCCCCCCCCCCC(=O)OC[C@H](COP(=O)(O)OC[C@@H](O)COP(=O)(O)OC[C@@H](COC(=O)CCCCCCCCC(C)CC)OC(=O)CCCCCCCCCC(C)C)OC(=O)CCCCCCCCCCCCCCCCCCCCC(C)C. The molecule has 17 nitrogen and oxygen atoms in total. The summed E-state index contributed by atoms with van der Waals surface area (Å²) in [5.41, 5.74) is 0. The average molecular weight is 1450 g/mol. The van der Waals surface area contributed by atoms with Crippen LogP contribution in [0.1, 0.15) is 409 Å². The predicted octanol–water partition coefficient (Wildman–Crippen LogP) is 23.6. The summed E-state index contributed by atoms with van der Waals surface area (Å²) in [7, 11) is -9.92. The van der Waals surface area contributed by atoms with Crippen molar-refractivity contribution < 1.29 is 80.2 Å². The summed E-state index contributed by atoms with van der Waals surface area (Å²) >= 11 is 0. The van der Waals surface area contributed by atoms with E-state index in [4.69, 9.17) is 37.0 Å². The van der Waals surface area contributed by atoms with Crippen LogP contribution >= 0.6 is 15.6 Å². The van der Waals surface area contributed by atoms with Gasteiger partial charge in [0.2, 0.25) is 0 Å². The van der Waals surface area contributed by atoms with Crippen molar-refractivity contribution in [3.63, 3.8) is 0 Å². The highest BCUT2D eigenvalue weighted by Crippen LogP contribution is 2.45. The van der Waals surface area contributed by atoms with Gasteiger partial charge in [-0.1, -0.05) is 357 Å². The Morgan fingerprint density at radius 2 is 0.485 bits per heavy atom. The minimum atomic E-state index is -4.96. The number of aliphatic hydroxyl groups is 1. The lowest BCUT2D eigenvalue weighted by molar-refractivity contribution is -0.161. The Bertz CT molecular complexity index is 1940. The first-order chi connectivity index (χ1) is 47.7. The first-order valence-corrected chi connectivity index (χ1v) is 44.3. The second-order valence-electron chi connectivity index (χ2n) is 30.2. The third kappa shape index (κ3) is 71.5. The van der Waals surface area contributed by atoms with Crippen LogP contribution in [0.4, 0.5) is 0 Å². The molecule has 0 aliphatic carbocycles. The fraction of sp³-hybridized carbons (Fsp3) is 0.950. The standard InChI is InChI=1S/C80H156O17P2/c1-9-72(7)58-50-42-34-28-24-20-17-18-21-25-29-35-44-52-60-77(82)90-66-75(96-79(84)62-54-46-36-30-26-22-16-14-12-11-13-15-19-23-27-32-40-48-56-70(3)4)68-94-98(86,87)92-64-74(81)65-93-99(88,89)95-69-76(97-80(85)63-55-47-37-31-33-41-49-57-71(5)6)67-91-78(83)61-53-45-39-38-43-51-59-73(8)10-2/h70-76,81H,9-69H2,1-8H3,(H,86,87)(H,88,89)/t72?,73?,74-,75-,76-/m1/s1. The van der Waals surface area contributed by atoms with E-state index < -0.39 is 97.5 Å². The van der Waals surface area contributed by atoms with Gasteiger partial charge < -0.3 is 33.8 Å². The molecule has 0 fully saturated rings. The third-order valence-electron chi connectivity index (χ3n) is 19.3. The second-order valence-corrected chi connectivity index (χ2v) is 33.1. The second kappa shape index (κ2) is 69.1. The fourth-order valence-electron chi connectivity index (χ4n) is 12.2. The normalized spacial score (nSPS) is 14.6. The van der Waals surface area contributed by atoms with Crippen LogP contribution in [-0.2, 0) is 65.4 Å². The zero-order chi connectivity index (χ0) is 73.1. The molecule has 0 saturated heterocycles. The zero-order valence-corrected chi connectivity index (χ0v) is 66.9. The highest BCUT2D eigenvalue weighted by atomic mass is 31.2. The van der Waals surface area contributed by atoms with E-state index in [-0.39, 0.29) is 25.7 Å². The lowest BCUT2D eigenvalue weighted by atomic mass is 9.99. The van der Waals surface area contributed by atoms with E-state index in [1.165, 1.54) is 205 Å². The summed E-state index contributed by atoms with van der Waals surface area (Å²) in [5.74, 6) is 0.977. The van der Waals surface area contributed by atoms with E-state index in [1.807, 2.05) is 0 Å². The summed E-state index contributed by atoms with van der Waals surface area (Å²) in [6.07, 6.45) is 55.7. The van der Waals surface area contributed by atoms with Gasteiger partial charge in [0.15, 0.2) is 12.2 Å². The van der Waals surface area contributed by atoms with Crippen molar-refractivity contribution in [3.05, 3.63) is 0 Å². The van der Waals surface area contributed by atoms with Crippen molar-refractivity contribution in [1.29, 1.82) is 0 Å². The number of unbranched alkanes of at least 4 members (excludes halogenated alkanes) is 41. The van der Waals surface area contributed by atoms with Crippen LogP contribution in [0.2, 0.25) is 0 Å². The summed E-state index contributed by atoms with van der Waals surface area (Å²) < 4.78 is 68.6. The van der Waals surface area contributed by atoms with E-state index >= 15 is 0 Å². The maximum atomic E-state index is 13.1. The number of esters is 4. The quantitative estimate of drug-likeness (QED) is 0.0222. The van der Waals surface area contributed by atoms with Gasteiger partial charge in [-0.15, -0.1) is 0 Å². The van der Waals surface area contributed by atoms with Gasteiger partial charge in [0, 0.05) is 25.7 Å². The number of hydrogen-bond donors (Lipinski definition) is 3. The summed E-state index contributed by atoms with van der Waals surface area (Å²) in [6.45, 7) is 14.2. The molecule has 0 aromatic rings. The van der Waals surface area contributed by atoms with Crippen LogP contribution in [0, 0.1) is 23.7 Å². The molecule has 0 bridgehead atoms. The van der Waals surface area contributed by atoms with Crippen LogP contribution in [0.5, 0.6) is 0 Å². The molecule has 0 spiro atoms. The van der Waals surface area contributed by atoms with E-state index in [9.17, 15) is 43.2 Å². The molecule has 3 N–H and O–H groups in total. The molecule has 19 heteroatoms. The molecule has 588 valence electrons. The van der Waals surface area contributed by atoms with Gasteiger partial charge >= 0.3 is 39.5 Å². The molecule has 0 aliphatic heterocycles. The molecule has 0 amide bonds. The van der Waals surface area contributed by atoms with Crippen LogP contribution in [0.3, 0.4) is 0 Å². The number of ether oxygens (including phenoxy) is 4. The molecule has 7 atom stereocenters. The van der Waals surface area contributed by atoms with Gasteiger partial charge in [-0.25, -0.2) is 9.13 Å².